The standard InChI is InChI=1S/C38H62N4O2/c43-35(39-9-13-41(14-10-39)37-31-19-27-17-28(21-31)22-32(37)20-27)7-5-3-1-2-4-6-8-36(44)40-11-15-42(16-12-40)38-33-23-29-18-30(25-33)26-34(38)24-29/h27-34,37-38H,1-26H2. The van der Waals surface area contributed by atoms with Crippen LogP contribution in [0.4, 0.5) is 0 Å². The van der Waals surface area contributed by atoms with Crippen molar-refractivity contribution in [3.05, 3.63) is 0 Å². The monoisotopic (exact) mass is 606 g/mol. The van der Waals surface area contributed by atoms with Crippen LogP contribution < -0.4 is 0 Å². The highest BCUT2D eigenvalue weighted by molar-refractivity contribution is 5.76. The fraction of sp³-hybridized carbons (Fsp3) is 0.947. The first-order valence-electron chi connectivity index (χ1n) is 19.6. The van der Waals surface area contributed by atoms with Crippen LogP contribution in [0, 0.1) is 47.3 Å². The van der Waals surface area contributed by atoms with Crippen molar-refractivity contribution < 1.29 is 9.59 Å². The largest absolute Gasteiger partial charge is 0.340 e. The minimum Gasteiger partial charge on any atom is -0.340 e. The van der Waals surface area contributed by atoms with E-state index in [0.29, 0.717) is 11.8 Å². The van der Waals surface area contributed by atoms with E-state index < -0.39 is 0 Å². The van der Waals surface area contributed by atoms with Gasteiger partial charge in [-0.1, -0.05) is 25.7 Å². The maximum Gasteiger partial charge on any atom is 0.222 e. The predicted molar refractivity (Wildman–Crippen MR) is 175 cm³/mol. The summed E-state index contributed by atoms with van der Waals surface area (Å²) in [4.78, 5) is 35.8. The number of unbranched alkanes of at least 4 members (excludes halogenated alkanes) is 5. The normalized spacial score (nSPS) is 41.5. The van der Waals surface area contributed by atoms with E-state index in [9.17, 15) is 9.59 Å². The molecule has 44 heavy (non-hydrogen) atoms. The van der Waals surface area contributed by atoms with Crippen LogP contribution in [0.5, 0.6) is 0 Å². The molecule has 0 N–H and O–H groups in total. The molecule has 6 nitrogen and oxygen atoms in total. The molecule has 0 aromatic rings. The molecule has 0 radical (unpaired) electrons. The highest BCUT2D eigenvalue weighted by atomic mass is 16.2. The van der Waals surface area contributed by atoms with Crippen molar-refractivity contribution >= 4 is 11.8 Å². The van der Waals surface area contributed by atoms with Crippen molar-refractivity contribution in [1.29, 1.82) is 0 Å². The van der Waals surface area contributed by atoms with Gasteiger partial charge < -0.3 is 9.80 Å². The average Bonchev–Trinajstić information content (AvgIpc) is 3.02. The second-order valence-corrected chi connectivity index (χ2v) is 17.3. The van der Waals surface area contributed by atoms with Gasteiger partial charge in [-0.15, -0.1) is 0 Å². The van der Waals surface area contributed by atoms with E-state index in [1.54, 1.807) is 0 Å². The molecule has 0 atom stereocenters. The van der Waals surface area contributed by atoms with E-state index in [2.05, 4.69) is 19.6 Å². The Morgan fingerprint density at radius 2 is 0.682 bits per heavy atom. The van der Waals surface area contributed by atoms with Gasteiger partial charge in [-0.3, -0.25) is 19.4 Å². The van der Waals surface area contributed by atoms with Gasteiger partial charge in [0.1, 0.15) is 0 Å². The van der Waals surface area contributed by atoms with E-state index in [4.69, 9.17) is 0 Å². The maximum atomic E-state index is 12.9. The van der Waals surface area contributed by atoms with Gasteiger partial charge in [-0.25, -0.2) is 0 Å². The molecule has 8 aliphatic carbocycles. The Kier molecular flexibility index (Phi) is 9.04. The molecule has 0 spiro atoms. The summed E-state index contributed by atoms with van der Waals surface area (Å²) in [6.45, 7) is 8.23. The molecular formula is C38H62N4O2. The number of nitrogens with zero attached hydrogens (tertiary/aromatic N) is 4. The minimum absolute atomic E-state index is 0.392. The fourth-order valence-corrected chi connectivity index (χ4v) is 13.1. The van der Waals surface area contributed by atoms with Crippen LogP contribution in [-0.4, -0.2) is 95.9 Å². The number of carbonyl (C=O) groups excluding carboxylic acids is 2. The molecule has 0 aromatic carbocycles. The minimum atomic E-state index is 0.392. The predicted octanol–water partition coefficient (Wildman–Crippen LogP) is 6.05. The smallest absolute Gasteiger partial charge is 0.222 e. The van der Waals surface area contributed by atoms with Gasteiger partial charge in [0.25, 0.3) is 0 Å². The number of amides is 2. The van der Waals surface area contributed by atoms with E-state index in [-0.39, 0.29) is 0 Å². The quantitative estimate of drug-likeness (QED) is 0.269. The Morgan fingerprint density at radius 1 is 0.386 bits per heavy atom. The molecule has 8 saturated carbocycles. The third kappa shape index (κ3) is 6.26. The third-order valence-electron chi connectivity index (χ3n) is 14.6. The van der Waals surface area contributed by atoms with Crippen LogP contribution in [0.3, 0.4) is 0 Å². The van der Waals surface area contributed by atoms with Crippen LogP contribution in [0.2, 0.25) is 0 Å². The van der Waals surface area contributed by atoms with Crippen LogP contribution in [-0.2, 0) is 9.59 Å². The Balaban J connectivity index is 0.656. The van der Waals surface area contributed by atoms with Crippen molar-refractivity contribution in [2.45, 2.75) is 128 Å². The molecule has 2 amide bonds. The van der Waals surface area contributed by atoms with Crippen molar-refractivity contribution in [3.63, 3.8) is 0 Å². The highest BCUT2D eigenvalue weighted by Gasteiger charge is 2.51. The van der Waals surface area contributed by atoms with Crippen LogP contribution in [0.25, 0.3) is 0 Å². The van der Waals surface area contributed by atoms with Crippen molar-refractivity contribution in [1.82, 2.24) is 19.6 Å². The second kappa shape index (κ2) is 13.2. The van der Waals surface area contributed by atoms with Gasteiger partial charge in [-0.05, 0) is 124 Å². The summed E-state index contributed by atoms with van der Waals surface area (Å²) >= 11 is 0. The Hall–Kier alpha value is -1.14. The lowest BCUT2D eigenvalue weighted by molar-refractivity contribution is -0.136. The first-order chi connectivity index (χ1) is 21.6. The third-order valence-corrected chi connectivity index (χ3v) is 14.6. The molecule has 246 valence electrons. The van der Waals surface area contributed by atoms with Crippen molar-refractivity contribution in [3.8, 4) is 0 Å². The maximum absolute atomic E-state index is 12.9. The summed E-state index contributed by atoms with van der Waals surface area (Å²) in [6, 6.07) is 1.66. The number of hydrogen-bond donors (Lipinski definition) is 0. The molecule has 6 heteroatoms. The Labute approximate surface area is 268 Å². The summed E-state index contributed by atoms with van der Waals surface area (Å²) in [5, 5.41) is 0. The van der Waals surface area contributed by atoms with Crippen LogP contribution in [0.15, 0.2) is 0 Å². The molecule has 2 aliphatic heterocycles. The number of carbonyl (C=O) groups is 2. The van der Waals surface area contributed by atoms with Gasteiger partial charge in [0.05, 0.1) is 0 Å². The summed E-state index contributed by atoms with van der Waals surface area (Å²) in [5.74, 6) is 8.78. The zero-order valence-electron chi connectivity index (χ0n) is 27.8. The molecule has 2 heterocycles. The van der Waals surface area contributed by atoms with Gasteiger partial charge in [0.2, 0.25) is 11.8 Å². The van der Waals surface area contributed by atoms with Crippen LogP contribution >= 0.6 is 0 Å². The molecule has 8 bridgehead atoms. The highest BCUT2D eigenvalue weighted by Crippen LogP contribution is 2.56. The van der Waals surface area contributed by atoms with Gasteiger partial charge in [0.15, 0.2) is 0 Å². The molecule has 0 aromatic heterocycles. The zero-order valence-corrected chi connectivity index (χ0v) is 27.8. The molecule has 10 rings (SSSR count). The Bertz CT molecular complexity index is 878. The Morgan fingerprint density at radius 3 is 1.00 bits per heavy atom. The summed E-state index contributed by atoms with van der Waals surface area (Å²) in [7, 11) is 0. The molecule has 0 unspecified atom stereocenters. The van der Waals surface area contributed by atoms with Gasteiger partial charge >= 0.3 is 0 Å². The lowest BCUT2D eigenvalue weighted by Gasteiger charge is -2.58. The van der Waals surface area contributed by atoms with Gasteiger partial charge in [0, 0.05) is 77.3 Å². The number of rotatable bonds is 11. The fourth-order valence-electron chi connectivity index (χ4n) is 13.1. The zero-order chi connectivity index (χ0) is 29.6. The second-order valence-electron chi connectivity index (χ2n) is 17.3. The molecule has 10 aliphatic rings. The first-order valence-corrected chi connectivity index (χ1v) is 19.6. The van der Waals surface area contributed by atoms with E-state index in [1.165, 1.54) is 77.0 Å². The molecule has 10 fully saturated rings. The lowest BCUT2D eigenvalue weighted by Crippen LogP contribution is -2.60. The van der Waals surface area contributed by atoms with Crippen molar-refractivity contribution in [2.75, 3.05) is 52.4 Å². The number of piperazine rings is 2. The SMILES string of the molecule is O=C(CCCCCCCCC(=O)N1CCN(C2C3CC4CC(C3)CC2C4)CC1)N1CCN(C2C3CC4CC(C3)CC2C4)CC1. The average molecular weight is 607 g/mol. The number of hydrogen-bond acceptors (Lipinski definition) is 4. The summed E-state index contributed by atoms with van der Waals surface area (Å²) < 4.78 is 0. The van der Waals surface area contributed by atoms with Crippen LogP contribution in [0.1, 0.15) is 116 Å². The van der Waals surface area contributed by atoms with E-state index in [0.717, 1.165) is 150 Å². The van der Waals surface area contributed by atoms with Gasteiger partial charge in [-0.2, -0.15) is 0 Å². The van der Waals surface area contributed by atoms with Crippen molar-refractivity contribution in [2.24, 2.45) is 47.3 Å². The lowest BCUT2D eigenvalue weighted by atomic mass is 9.54. The molecule has 2 saturated heterocycles. The first kappa shape index (κ1) is 30.2. The van der Waals surface area contributed by atoms with E-state index >= 15 is 0 Å². The topological polar surface area (TPSA) is 47.1 Å². The molecular weight excluding hydrogens is 544 g/mol. The summed E-state index contributed by atoms with van der Waals surface area (Å²) in [6.07, 6.45) is 23.2. The summed E-state index contributed by atoms with van der Waals surface area (Å²) in [5.41, 5.74) is 0. The van der Waals surface area contributed by atoms with E-state index in [1.807, 2.05) is 0 Å².